The highest BCUT2D eigenvalue weighted by molar-refractivity contribution is 5.89. The first-order valence-electron chi connectivity index (χ1n) is 13.8. The number of amides is 3. The molecule has 1 heterocycles. The van der Waals surface area contributed by atoms with E-state index in [0.29, 0.717) is 0 Å². The van der Waals surface area contributed by atoms with Crippen LogP contribution < -0.4 is 16.0 Å². The third kappa shape index (κ3) is 8.34. The van der Waals surface area contributed by atoms with Gasteiger partial charge in [0.15, 0.2) is 6.29 Å². The van der Waals surface area contributed by atoms with Gasteiger partial charge in [-0.3, -0.25) is 14.4 Å². The van der Waals surface area contributed by atoms with Gasteiger partial charge in [0.25, 0.3) is 0 Å². The van der Waals surface area contributed by atoms with Crippen molar-refractivity contribution >= 4 is 28.5 Å². The summed E-state index contributed by atoms with van der Waals surface area (Å²) in [6.45, 7) is 0.633. The summed E-state index contributed by atoms with van der Waals surface area (Å²) in [5.41, 5.74) is 1.70. The topological polar surface area (TPSA) is 166 Å². The molecule has 0 bridgehead atoms. The fourth-order valence-electron chi connectivity index (χ4n) is 4.92. The van der Waals surface area contributed by atoms with Crippen LogP contribution in [-0.4, -0.2) is 89.5 Å². The number of hydrogen-bond acceptors (Lipinski definition) is 8. The highest BCUT2D eigenvalue weighted by atomic mass is 16.7. The molecule has 1 saturated heterocycles. The highest BCUT2D eigenvalue weighted by Gasteiger charge is 2.45. The number of carbonyl (C=O) groups is 3. The zero-order chi connectivity index (χ0) is 30.1. The fourth-order valence-corrected chi connectivity index (χ4v) is 4.92. The molecule has 0 unspecified atom stereocenters. The van der Waals surface area contributed by atoms with Crippen molar-refractivity contribution in [3.63, 3.8) is 0 Å². The molecule has 0 saturated carbocycles. The summed E-state index contributed by atoms with van der Waals surface area (Å²) in [4.78, 5) is 37.8. The highest BCUT2D eigenvalue weighted by Crippen LogP contribution is 2.22. The molecule has 6 N–H and O–H groups in total. The molecular formula is C31H37N3O8. The minimum absolute atomic E-state index is 0.0275. The minimum Gasteiger partial charge on any atom is -0.394 e. The van der Waals surface area contributed by atoms with Crippen LogP contribution in [0.25, 0.3) is 10.8 Å². The lowest BCUT2D eigenvalue weighted by Crippen LogP contribution is -2.64. The monoisotopic (exact) mass is 579 g/mol. The van der Waals surface area contributed by atoms with Gasteiger partial charge in [-0.15, -0.1) is 0 Å². The van der Waals surface area contributed by atoms with Crippen molar-refractivity contribution in [3.8, 4) is 0 Å². The van der Waals surface area contributed by atoms with Crippen molar-refractivity contribution in [2.75, 3.05) is 19.8 Å². The number of ether oxygens (including phenoxy) is 2. The number of aliphatic hydroxyl groups excluding tert-OH is 3. The fraction of sp³-hybridized carbons (Fsp3) is 0.387. The predicted octanol–water partition coefficient (Wildman–Crippen LogP) is 0.186. The molecule has 11 heteroatoms. The van der Waals surface area contributed by atoms with Gasteiger partial charge in [0.05, 0.1) is 19.6 Å². The van der Waals surface area contributed by atoms with E-state index in [0.717, 1.165) is 21.9 Å². The Hall–Kier alpha value is -3.87. The second-order valence-corrected chi connectivity index (χ2v) is 10.3. The number of hydrogen-bond donors (Lipinski definition) is 6. The molecule has 42 heavy (non-hydrogen) atoms. The van der Waals surface area contributed by atoms with Crippen molar-refractivity contribution in [2.45, 2.75) is 56.5 Å². The van der Waals surface area contributed by atoms with Gasteiger partial charge < -0.3 is 40.7 Å². The molecule has 3 aromatic carbocycles. The number of carbonyl (C=O) groups excluding carboxylic acids is 3. The summed E-state index contributed by atoms with van der Waals surface area (Å²) in [5.74, 6) is -1.18. The summed E-state index contributed by atoms with van der Waals surface area (Å²) in [6, 6.07) is 21.1. The van der Waals surface area contributed by atoms with Crippen LogP contribution in [0.15, 0.2) is 72.8 Å². The van der Waals surface area contributed by atoms with Crippen LogP contribution in [0, 0.1) is 0 Å². The lowest BCUT2D eigenvalue weighted by molar-refractivity contribution is -0.269. The van der Waals surface area contributed by atoms with Crippen molar-refractivity contribution in [1.29, 1.82) is 0 Å². The van der Waals surface area contributed by atoms with Gasteiger partial charge in [-0.05, 0) is 21.9 Å². The quantitative estimate of drug-likeness (QED) is 0.165. The van der Waals surface area contributed by atoms with Crippen LogP contribution in [-0.2, 0) is 36.7 Å². The number of benzene rings is 3. The van der Waals surface area contributed by atoms with Gasteiger partial charge in [-0.25, -0.2) is 0 Å². The Labute approximate surface area is 243 Å². The molecule has 0 aromatic heterocycles. The van der Waals surface area contributed by atoms with Crippen LogP contribution >= 0.6 is 0 Å². The predicted molar refractivity (Wildman–Crippen MR) is 154 cm³/mol. The van der Waals surface area contributed by atoms with Gasteiger partial charge >= 0.3 is 0 Å². The Morgan fingerprint density at radius 2 is 1.64 bits per heavy atom. The summed E-state index contributed by atoms with van der Waals surface area (Å²) in [7, 11) is 0. The first-order chi connectivity index (χ1) is 20.2. The first kappa shape index (κ1) is 31.1. The Kier molecular flexibility index (Phi) is 11.0. The minimum atomic E-state index is -1.44. The van der Waals surface area contributed by atoms with E-state index in [9.17, 15) is 29.7 Å². The van der Waals surface area contributed by atoms with Gasteiger partial charge in [0, 0.05) is 19.9 Å². The lowest BCUT2D eigenvalue weighted by Gasteiger charge is -2.42. The van der Waals surface area contributed by atoms with E-state index in [1.807, 2.05) is 72.8 Å². The standard InChI is InChI=1S/C31H37N3O8/c1-19(36)33-27-29(39)28(38)25(18-35)42-31(27)41-14-13-32-30(40)24(16-20-7-3-2-4-8-20)34-26(37)17-21-11-12-22-9-5-6-10-23(22)15-21/h2-12,15,24-25,27-29,31,35,38-39H,13-14,16-18H2,1H3,(H,32,40)(H,33,36)(H,34,37)/t24-,25+,27+,28-,29+,31+/m0/s1. The van der Waals surface area contributed by atoms with E-state index in [2.05, 4.69) is 16.0 Å². The van der Waals surface area contributed by atoms with Crippen molar-refractivity contribution in [1.82, 2.24) is 16.0 Å². The van der Waals surface area contributed by atoms with Crippen LogP contribution in [0.2, 0.25) is 0 Å². The lowest BCUT2D eigenvalue weighted by atomic mass is 9.97. The van der Waals surface area contributed by atoms with Crippen LogP contribution in [0.4, 0.5) is 0 Å². The zero-order valence-corrected chi connectivity index (χ0v) is 23.3. The van der Waals surface area contributed by atoms with Crippen LogP contribution in [0.3, 0.4) is 0 Å². The molecule has 224 valence electrons. The summed E-state index contributed by atoms with van der Waals surface area (Å²) < 4.78 is 11.2. The average Bonchev–Trinajstić information content (AvgIpc) is 2.98. The van der Waals surface area contributed by atoms with Gasteiger partial charge in [-0.2, -0.15) is 0 Å². The molecule has 4 rings (SSSR count). The van der Waals surface area contributed by atoms with Gasteiger partial charge in [0.1, 0.15) is 30.4 Å². The van der Waals surface area contributed by atoms with Crippen molar-refractivity contribution < 1.29 is 39.2 Å². The smallest absolute Gasteiger partial charge is 0.243 e. The van der Waals surface area contributed by atoms with Gasteiger partial charge in [0.2, 0.25) is 17.7 Å². The van der Waals surface area contributed by atoms with Crippen LogP contribution in [0.5, 0.6) is 0 Å². The molecule has 1 aliphatic heterocycles. The van der Waals surface area contributed by atoms with E-state index < -0.39 is 55.1 Å². The molecule has 0 aliphatic carbocycles. The Morgan fingerprint density at radius 3 is 2.36 bits per heavy atom. The summed E-state index contributed by atoms with van der Waals surface area (Å²) in [5, 5.41) is 40.2. The molecule has 1 aliphatic rings. The number of nitrogens with one attached hydrogen (secondary N) is 3. The van der Waals surface area contributed by atoms with E-state index in [4.69, 9.17) is 9.47 Å². The Bertz CT molecular complexity index is 1350. The third-order valence-corrected chi connectivity index (χ3v) is 7.05. The zero-order valence-electron chi connectivity index (χ0n) is 23.3. The average molecular weight is 580 g/mol. The summed E-state index contributed by atoms with van der Waals surface area (Å²) in [6.07, 6.45) is -4.78. The molecule has 3 aromatic rings. The number of aliphatic hydroxyl groups is 3. The van der Waals surface area contributed by atoms with E-state index in [-0.39, 0.29) is 31.9 Å². The molecule has 3 amide bonds. The maximum atomic E-state index is 13.2. The van der Waals surface area contributed by atoms with E-state index in [1.165, 1.54) is 6.92 Å². The van der Waals surface area contributed by atoms with Crippen molar-refractivity contribution in [3.05, 3.63) is 83.9 Å². The first-order valence-corrected chi connectivity index (χ1v) is 13.8. The molecular weight excluding hydrogens is 542 g/mol. The SMILES string of the molecule is CC(=O)N[C@H]1[C@H](OCCNC(=O)[C@H](Cc2ccccc2)NC(=O)Cc2ccc3ccccc3c2)O[C@H](CO)[C@H](O)[C@@H]1O. The largest absolute Gasteiger partial charge is 0.394 e. The Balaban J connectivity index is 1.35. The Morgan fingerprint density at radius 1 is 0.929 bits per heavy atom. The maximum absolute atomic E-state index is 13.2. The molecule has 6 atom stereocenters. The van der Waals surface area contributed by atoms with Gasteiger partial charge in [-0.1, -0.05) is 72.8 Å². The maximum Gasteiger partial charge on any atom is 0.243 e. The molecule has 11 nitrogen and oxygen atoms in total. The second-order valence-electron chi connectivity index (χ2n) is 10.3. The van der Waals surface area contributed by atoms with E-state index >= 15 is 0 Å². The molecule has 0 radical (unpaired) electrons. The molecule has 0 spiro atoms. The third-order valence-electron chi connectivity index (χ3n) is 7.05. The van der Waals surface area contributed by atoms with Crippen LogP contribution in [0.1, 0.15) is 18.1 Å². The normalized spacial score (nSPS) is 22.7. The second kappa shape index (κ2) is 14.9. The van der Waals surface area contributed by atoms with E-state index in [1.54, 1.807) is 0 Å². The number of fused-ring (bicyclic) bond motifs is 1. The molecule has 1 fully saturated rings. The van der Waals surface area contributed by atoms with Crippen molar-refractivity contribution in [2.24, 2.45) is 0 Å². The number of rotatable bonds is 12. The summed E-state index contributed by atoms with van der Waals surface area (Å²) >= 11 is 0.